The summed E-state index contributed by atoms with van der Waals surface area (Å²) in [5.74, 6) is 6.65. The van der Waals surface area contributed by atoms with E-state index in [-0.39, 0.29) is 0 Å². The van der Waals surface area contributed by atoms with Gasteiger partial charge in [-0.1, -0.05) is 90.7 Å². The topological polar surface area (TPSA) is 52.5 Å². The fourth-order valence-electron chi connectivity index (χ4n) is 3.62. The van der Waals surface area contributed by atoms with E-state index >= 15 is 0 Å². The Morgan fingerprint density at radius 1 is 0.697 bits per heavy atom. The maximum Gasteiger partial charge on any atom is 0.115 e. The molecule has 0 amide bonds. The Bertz CT molecular complexity index is 1200. The molecule has 4 rings (SSSR count). The molecule has 0 heterocycles. The number of hydrogen-bond acceptors (Lipinski definition) is 3. The standard InChI is InChI=1S/C30H27NO2/c32-29-18-10-24(11-19-29)20-22-31-21-4-5-23-8-12-25(13-9-23)26-14-16-28(17-15-26)30(33)27-6-2-1-3-7-27/h1-3,6-19,30-33H,20-22H2. The number of benzene rings is 4. The average molecular weight is 434 g/mol. The normalized spacial score (nSPS) is 11.4. The molecule has 0 aliphatic heterocycles. The van der Waals surface area contributed by atoms with Crippen molar-refractivity contribution in [2.45, 2.75) is 12.5 Å². The number of hydrogen-bond donors (Lipinski definition) is 3. The first-order valence-corrected chi connectivity index (χ1v) is 11.1. The van der Waals surface area contributed by atoms with Crippen LogP contribution in [-0.2, 0) is 6.42 Å². The first-order valence-electron chi connectivity index (χ1n) is 11.1. The number of nitrogens with one attached hydrogen (secondary N) is 1. The average Bonchev–Trinajstić information content (AvgIpc) is 2.88. The smallest absolute Gasteiger partial charge is 0.115 e. The van der Waals surface area contributed by atoms with Gasteiger partial charge < -0.3 is 15.5 Å². The van der Waals surface area contributed by atoms with Gasteiger partial charge in [-0.25, -0.2) is 0 Å². The molecule has 0 aliphatic rings. The molecule has 0 aliphatic carbocycles. The molecule has 0 spiro atoms. The highest BCUT2D eigenvalue weighted by Crippen LogP contribution is 2.25. The van der Waals surface area contributed by atoms with Gasteiger partial charge in [0.1, 0.15) is 11.9 Å². The highest BCUT2D eigenvalue weighted by Gasteiger charge is 2.09. The Kier molecular flexibility index (Phi) is 7.56. The monoisotopic (exact) mass is 433 g/mol. The molecule has 3 nitrogen and oxygen atoms in total. The molecule has 0 bridgehead atoms. The highest BCUT2D eigenvalue weighted by molar-refractivity contribution is 5.65. The zero-order chi connectivity index (χ0) is 22.9. The van der Waals surface area contributed by atoms with Crippen LogP contribution in [0.2, 0.25) is 0 Å². The van der Waals surface area contributed by atoms with E-state index in [0.717, 1.165) is 40.8 Å². The van der Waals surface area contributed by atoms with Gasteiger partial charge in [0.2, 0.25) is 0 Å². The minimum Gasteiger partial charge on any atom is -0.508 e. The molecule has 0 saturated carbocycles. The van der Waals surface area contributed by atoms with Crippen LogP contribution in [0.5, 0.6) is 5.75 Å². The summed E-state index contributed by atoms with van der Waals surface area (Å²) in [6, 6.07) is 33.2. The quantitative estimate of drug-likeness (QED) is 0.273. The fraction of sp³-hybridized carbons (Fsp3) is 0.133. The summed E-state index contributed by atoms with van der Waals surface area (Å²) in [7, 11) is 0. The van der Waals surface area contributed by atoms with Crippen molar-refractivity contribution in [1.82, 2.24) is 5.32 Å². The Hall–Kier alpha value is -3.84. The van der Waals surface area contributed by atoms with Crippen LogP contribution >= 0.6 is 0 Å². The summed E-state index contributed by atoms with van der Waals surface area (Å²) in [5, 5.41) is 23.2. The lowest BCUT2D eigenvalue weighted by atomic mass is 9.98. The van der Waals surface area contributed by atoms with Crippen LogP contribution in [0.15, 0.2) is 103 Å². The van der Waals surface area contributed by atoms with Gasteiger partial charge in [-0.2, -0.15) is 0 Å². The lowest BCUT2D eigenvalue weighted by Crippen LogP contribution is -2.17. The summed E-state index contributed by atoms with van der Waals surface area (Å²) in [5.41, 5.74) is 6.16. The Balaban J connectivity index is 1.28. The van der Waals surface area contributed by atoms with Crippen LogP contribution in [-0.4, -0.2) is 23.3 Å². The van der Waals surface area contributed by atoms with Crippen molar-refractivity contribution in [2.24, 2.45) is 0 Å². The number of aliphatic hydroxyl groups is 1. The SMILES string of the molecule is Oc1ccc(CCNCC#Cc2ccc(-c3ccc(C(O)c4ccccc4)cc3)cc2)cc1. The lowest BCUT2D eigenvalue weighted by Gasteiger charge is -2.12. The minimum absolute atomic E-state index is 0.294. The van der Waals surface area contributed by atoms with Crippen LogP contribution in [0.25, 0.3) is 11.1 Å². The maximum atomic E-state index is 10.6. The first-order chi connectivity index (χ1) is 16.2. The number of phenols is 1. The maximum absolute atomic E-state index is 10.6. The molecular weight excluding hydrogens is 406 g/mol. The largest absolute Gasteiger partial charge is 0.508 e. The van der Waals surface area contributed by atoms with Gasteiger partial charge in [0.15, 0.2) is 0 Å². The number of rotatable bonds is 7. The van der Waals surface area contributed by atoms with Crippen molar-refractivity contribution in [1.29, 1.82) is 0 Å². The first kappa shape index (κ1) is 22.4. The molecule has 3 heteroatoms. The molecule has 0 aromatic heterocycles. The Morgan fingerprint density at radius 3 is 1.97 bits per heavy atom. The fourth-order valence-corrected chi connectivity index (χ4v) is 3.62. The zero-order valence-electron chi connectivity index (χ0n) is 18.4. The van der Waals surface area contributed by atoms with Gasteiger partial charge in [0.05, 0.1) is 6.54 Å². The molecule has 164 valence electrons. The van der Waals surface area contributed by atoms with E-state index in [2.05, 4.69) is 29.3 Å². The molecule has 33 heavy (non-hydrogen) atoms. The van der Waals surface area contributed by atoms with E-state index in [1.807, 2.05) is 78.9 Å². The summed E-state index contributed by atoms with van der Waals surface area (Å²) in [6.45, 7) is 1.47. The van der Waals surface area contributed by atoms with Gasteiger partial charge in [0, 0.05) is 12.1 Å². The van der Waals surface area contributed by atoms with Crippen molar-refractivity contribution in [2.75, 3.05) is 13.1 Å². The molecule has 0 radical (unpaired) electrons. The second-order valence-corrected chi connectivity index (χ2v) is 7.91. The van der Waals surface area contributed by atoms with Crippen LogP contribution in [0.3, 0.4) is 0 Å². The number of aliphatic hydroxyl groups excluding tert-OH is 1. The number of aromatic hydroxyl groups is 1. The van der Waals surface area contributed by atoms with Crippen molar-refractivity contribution >= 4 is 0 Å². The molecule has 3 N–H and O–H groups in total. The van der Waals surface area contributed by atoms with E-state index in [9.17, 15) is 10.2 Å². The minimum atomic E-state index is -0.618. The predicted molar refractivity (Wildman–Crippen MR) is 134 cm³/mol. The Labute approximate surface area is 195 Å². The molecular formula is C30H27NO2. The molecule has 0 saturated heterocycles. The van der Waals surface area contributed by atoms with Gasteiger partial charge in [-0.15, -0.1) is 0 Å². The van der Waals surface area contributed by atoms with Crippen LogP contribution in [0.4, 0.5) is 0 Å². The van der Waals surface area contributed by atoms with Crippen LogP contribution < -0.4 is 5.32 Å². The third-order valence-electron chi connectivity index (χ3n) is 5.53. The Morgan fingerprint density at radius 2 is 1.30 bits per heavy atom. The molecule has 4 aromatic rings. The zero-order valence-corrected chi connectivity index (χ0v) is 18.4. The number of phenolic OH excluding ortho intramolecular Hbond substituents is 1. The summed E-state index contributed by atoms with van der Waals surface area (Å²) >= 11 is 0. The summed E-state index contributed by atoms with van der Waals surface area (Å²) in [6.07, 6.45) is 0.283. The lowest BCUT2D eigenvalue weighted by molar-refractivity contribution is 0.220. The van der Waals surface area contributed by atoms with Gasteiger partial charge in [-0.05, 0) is 58.5 Å². The van der Waals surface area contributed by atoms with Crippen LogP contribution in [0.1, 0.15) is 28.4 Å². The molecule has 1 atom stereocenters. The van der Waals surface area contributed by atoms with E-state index in [1.165, 1.54) is 5.56 Å². The van der Waals surface area contributed by atoms with Crippen molar-refractivity contribution in [3.05, 3.63) is 125 Å². The van der Waals surface area contributed by atoms with Crippen molar-refractivity contribution < 1.29 is 10.2 Å². The van der Waals surface area contributed by atoms with E-state index < -0.39 is 6.10 Å². The molecule has 0 fully saturated rings. The van der Waals surface area contributed by atoms with E-state index in [0.29, 0.717) is 12.3 Å². The second kappa shape index (κ2) is 11.2. The van der Waals surface area contributed by atoms with Gasteiger partial charge >= 0.3 is 0 Å². The van der Waals surface area contributed by atoms with Crippen molar-refractivity contribution in [3.63, 3.8) is 0 Å². The van der Waals surface area contributed by atoms with E-state index in [1.54, 1.807) is 12.1 Å². The highest BCUT2D eigenvalue weighted by atomic mass is 16.3. The second-order valence-electron chi connectivity index (χ2n) is 7.91. The van der Waals surface area contributed by atoms with Crippen molar-refractivity contribution in [3.8, 4) is 28.7 Å². The molecule has 4 aromatic carbocycles. The van der Waals surface area contributed by atoms with E-state index in [4.69, 9.17) is 0 Å². The third-order valence-corrected chi connectivity index (χ3v) is 5.53. The summed E-state index contributed by atoms with van der Waals surface area (Å²) < 4.78 is 0. The molecule has 1 unspecified atom stereocenters. The summed E-state index contributed by atoms with van der Waals surface area (Å²) in [4.78, 5) is 0. The third kappa shape index (κ3) is 6.33. The van der Waals surface area contributed by atoms with Crippen LogP contribution in [0, 0.1) is 11.8 Å². The van der Waals surface area contributed by atoms with Gasteiger partial charge in [0.25, 0.3) is 0 Å². The predicted octanol–water partition coefficient (Wildman–Crippen LogP) is 5.32. The van der Waals surface area contributed by atoms with Gasteiger partial charge in [-0.3, -0.25) is 0 Å².